The van der Waals surface area contributed by atoms with Gasteiger partial charge in [0.05, 0.1) is 40.2 Å². The maximum atomic E-state index is 12.9. The van der Waals surface area contributed by atoms with Crippen molar-refractivity contribution in [3.8, 4) is 5.69 Å². The van der Waals surface area contributed by atoms with Gasteiger partial charge in [0.25, 0.3) is 5.91 Å². The summed E-state index contributed by atoms with van der Waals surface area (Å²) in [6, 6.07) is 4.16. The lowest BCUT2D eigenvalue weighted by atomic mass is 10.2. The Morgan fingerprint density at radius 2 is 2.08 bits per heavy atom. The molecule has 140 valence electrons. The van der Waals surface area contributed by atoms with Gasteiger partial charge in [-0.05, 0) is 31.5 Å². The topological polar surface area (TPSA) is 81.1 Å². The van der Waals surface area contributed by atoms with Crippen LogP contribution in [-0.2, 0) is 16.0 Å². The highest BCUT2D eigenvalue weighted by Gasteiger charge is 2.31. The molecule has 0 aliphatic carbocycles. The van der Waals surface area contributed by atoms with Gasteiger partial charge < -0.3 is 5.32 Å². The van der Waals surface area contributed by atoms with Gasteiger partial charge in [-0.3, -0.25) is 4.79 Å². The summed E-state index contributed by atoms with van der Waals surface area (Å²) >= 11 is 0. The fourth-order valence-electron chi connectivity index (χ4n) is 2.88. The number of hydrogen-bond acceptors (Lipinski definition) is 4. The zero-order chi connectivity index (χ0) is 19.1. The van der Waals surface area contributed by atoms with E-state index in [1.165, 1.54) is 23.0 Å². The number of sulfone groups is 1. The Morgan fingerprint density at radius 3 is 2.69 bits per heavy atom. The van der Waals surface area contributed by atoms with E-state index in [0.717, 1.165) is 12.1 Å². The Hall–Kier alpha value is -2.36. The molecule has 1 aliphatic heterocycles. The number of hydrogen-bond donors (Lipinski definition) is 1. The van der Waals surface area contributed by atoms with Gasteiger partial charge >= 0.3 is 6.18 Å². The van der Waals surface area contributed by atoms with Crippen LogP contribution < -0.4 is 5.32 Å². The van der Waals surface area contributed by atoms with Gasteiger partial charge in [-0.2, -0.15) is 18.3 Å². The minimum atomic E-state index is -4.48. The molecule has 0 bridgehead atoms. The molecule has 1 aromatic carbocycles. The Balaban J connectivity index is 1.83. The van der Waals surface area contributed by atoms with Crippen molar-refractivity contribution >= 4 is 15.7 Å². The minimum absolute atomic E-state index is 0.0282. The van der Waals surface area contributed by atoms with Crippen LogP contribution in [0.1, 0.15) is 28.0 Å². The molecule has 0 spiro atoms. The maximum Gasteiger partial charge on any atom is 0.416 e. The monoisotopic (exact) mass is 387 g/mol. The van der Waals surface area contributed by atoms with E-state index in [9.17, 15) is 26.4 Å². The quantitative estimate of drug-likeness (QED) is 0.875. The lowest BCUT2D eigenvalue weighted by molar-refractivity contribution is -0.137. The number of nitrogens with zero attached hydrogens (tertiary/aromatic N) is 2. The van der Waals surface area contributed by atoms with Crippen molar-refractivity contribution < 1.29 is 26.4 Å². The van der Waals surface area contributed by atoms with E-state index < -0.39 is 33.5 Å². The van der Waals surface area contributed by atoms with E-state index in [1.54, 1.807) is 6.92 Å². The highest BCUT2D eigenvalue weighted by Crippen LogP contribution is 2.30. The minimum Gasteiger partial charge on any atom is -0.348 e. The van der Waals surface area contributed by atoms with Crippen LogP contribution in [0.15, 0.2) is 30.5 Å². The van der Waals surface area contributed by atoms with Gasteiger partial charge in [-0.25, -0.2) is 13.1 Å². The van der Waals surface area contributed by atoms with E-state index in [2.05, 4.69) is 10.4 Å². The molecule has 10 heteroatoms. The second-order valence-electron chi connectivity index (χ2n) is 6.18. The molecule has 1 atom stereocenters. The Morgan fingerprint density at radius 1 is 1.35 bits per heavy atom. The standard InChI is InChI=1S/C16H16F3N3O3S/c1-10-14(15(23)21-12-5-6-26(24,25)9-12)8-20-22(10)13-4-2-3-11(7-13)16(17,18)19/h2-4,7-8,12H,5-6,9H2,1H3,(H,21,23)/t12-/m1/s1. The molecule has 26 heavy (non-hydrogen) atoms. The molecule has 2 aromatic rings. The van der Waals surface area contributed by atoms with Crippen molar-refractivity contribution in [1.82, 2.24) is 15.1 Å². The average Bonchev–Trinajstić information content (AvgIpc) is 3.09. The Bertz CT molecular complexity index is 951. The van der Waals surface area contributed by atoms with E-state index in [1.807, 2.05) is 0 Å². The lowest BCUT2D eigenvalue weighted by Gasteiger charge is -2.12. The molecule has 1 fully saturated rings. The smallest absolute Gasteiger partial charge is 0.348 e. The van der Waals surface area contributed by atoms with Gasteiger partial charge in [-0.15, -0.1) is 0 Å². The van der Waals surface area contributed by atoms with E-state index in [0.29, 0.717) is 12.1 Å². The number of carbonyl (C=O) groups is 1. The van der Waals surface area contributed by atoms with Gasteiger partial charge in [0, 0.05) is 6.04 Å². The predicted octanol–water partition coefficient (Wildman–Crippen LogP) is 2.12. The summed E-state index contributed by atoms with van der Waals surface area (Å²) in [7, 11) is -3.13. The highest BCUT2D eigenvalue weighted by molar-refractivity contribution is 7.91. The van der Waals surface area contributed by atoms with E-state index in [4.69, 9.17) is 0 Å². The molecule has 1 aliphatic rings. The second kappa shape index (κ2) is 6.42. The number of aromatic nitrogens is 2. The molecule has 3 rings (SSSR count). The number of nitrogens with one attached hydrogen (secondary N) is 1. The third kappa shape index (κ3) is 3.74. The summed E-state index contributed by atoms with van der Waals surface area (Å²) < 4.78 is 62.8. The first-order valence-electron chi connectivity index (χ1n) is 7.80. The molecule has 1 aromatic heterocycles. The van der Waals surface area contributed by atoms with Gasteiger partial charge in [0.15, 0.2) is 9.84 Å². The van der Waals surface area contributed by atoms with E-state index >= 15 is 0 Å². The maximum absolute atomic E-state index is 12.9. The van der Waals surface area contributed by atoms with Crippen molar-refractivity contribution in [3.63, 3.8) is 0 Å². The van der Waals surface area contributed by atoms with Crippen LogP contribution in [-0.4, -0.2) is 41.7 Å². The van der Waals surface area contributed by atoms with Crippen LogP contribution in [0.5, 0.6) is 0 Å². The van der Waals surface area contributed by atoms with Crippen molar-refractivity contribution in [2.45, 2.75) is 25.6 Å². The fraction of sp³-hybridized carbons (Fsp3) is 0.375. The zero-order valence-electron chi connectivity index (χ0n) is 13.7. The highest BCUT2D eigenvalue weighted by atomic mass is 32.2. The summed E-state index contributed by atoms with van der Waals surface area (Å²) in [6.07, 6.45) is -2.88. The third-order valence-corrected chi connectivity index (χ3v) is 6.01. The van der Waals surface area contributed by atoms with E-state index in [-0.39, 0.29) is 22.8 Å². The molecular weight excluding hydrogens is 371 g/mol. The first-order chi connectivity index (χ1) is 12.1. The molecule has 0 radical (unpaired) electrons. The molecule has 6 nitrogen and oxygen atoms in total. The van der Waals surface area contributed by atoms with Crippen molar-refractivity contribution in [2.75, 3.05) is 11.5 Å². The van der Waals surface area contributed by atoms with Crippen molar-refractivity contribution in [3.05, 3.63) is 47.3 Å². The molecule has 1 saturated heterocycles. The lowest BCUT2D eigenvalue weighted by Crippen LogP contribution is -2.35. The summed E-state index contributed by atoms with van der Waals surface area (Å²) in [6.45, 7) is 1.56. The van der Waals surface area contributed by atoms with Crippen LogP contribution in [0.4, 0.5) is 13.2 Å². The van der Waals surface area contributed by atoms with Crippen LogP contribution in [0.2, 0.25) is 0 Å². The number of amides is 1. The summed E-state index contributed by atoms with van der Waals surface area (Å²) in [4.78, 5) is 12.4. The third-order valence-electron chi connectivity index (χ3n) is 4.24. The number of rotatable bonds is 3. The summed E-state index contributed by atoms with van der Waals surface area (Å²) in [5.74, 6) is -0.581. The Kier molecular flexibility index (Phi) is 4.55. The fourth-order valence-corrected chi connectivity index (χ4v) is 4.55. The van der Waals surface area contributed by atoms with Crippen LogP contribution in [0.25, 0.3) is 5.69 Å². The molecule has 1 amide bonds. The summed E-state index contributed by atoms with van der Waals surface area (Å²) in [5, 5.41) is 6.64. The first-order valence-corrected chi connectivity index (χ1v) is 9.62. The average molecular weight is 387 g/mol. The van der Waals surface area contributed by atoms with Gasteiger partial charge in [0.1, 0.15) is 0 Å². The van der Waals surface area contributed by atoms with Crippen LogP contribution in [0, 0.1) is 6.92 Å². The molecular formula is C16H16F3N3O3S. The van der Waals surface area contributed by atoms with Crippen molar-refractivity contribution in [1.29, 1.82) is 0 Å². The zero-order valence-corrected chi connectivity index (χ0v) is 14.6. The SMILES string of the molecule is Cc1c(C(=O)N[C@@H]2CCS(=O)(=O)C2)cnn1-c1cccc(C(F)(F)F)c1. The molecule has 1 N–H and O–H groups in total. The number of alkyl halides is 3. The van der Waals surface area contributed by atoms with Crippen molar-refractivity contribution in [2.24, 2.45) is 0 Å². The van der Waals surface area contributed by atoms with Gasteiger partial charge in [0.2, 0.25) is 0 Å². The van der Waals surface area contributed by atoms with Crippen LogP contribution >= 0.6 is 0 Å². The number of carbonyl (C=O) groups excluding carboxylic acids is 1. The predicted molar refractivity (Wildman–Crippen MR) is 87.8 cm³/mol. The number of benzene rings is 1. The first kappa shape index (κ1) is 18.4. The molecule has 2 heterocycles. The Labute approximate surface area is 147 Å². The largest absolute Gasteiger partial charge is 0.416 e. The van der Waals surface area contributed by atoms with Gasteiger partial charge in [-0.1, -0.05) is 6.07 Å². The second-order valence-corrected chi connectivity index (χ2v) is 8.41. The van der Waals surface area contributed by atoms with Crippen LogP contribution in [0.3, 0.4) is 0 Å². The normalized spacial score (nSPS) is 19.5. The summed E-state index contributed by atoms with van der Waals surface area (Å²) in [5.41, 5.74) is -0.0822. The molecule has 0 unspecified atom stereocenters. The number of halogens is 3. The molecule has 0 saturated carbocycles.